The first kappa shape index (κ1) is 35.7. The van der Waals surface area contributed by atoms with E-state index >= 15 is 0 Å². The molecule has 0 spiro atoms. The van der Waals surface area contributed by atoms with Gasteiger partial charge in [-0.25, -0.2) is 0 Å². The molecule has 1 aliphatic heterocycles. The summed E-state index contributed by atoms with van der Waals surface area (Å²) in [4.78, 5) is 51.5. The molecule has 1 aliphatic rings. The van der Waals surface area contributed by atoms with Crippen molar-refractivity contribution in [2.45, 2.75) is 76.4 Å². The van der Waals surface area contributed by atoms with E-state index in [0.717, 1.165) is 0 Å². The van der Waals surface area contributed by atoms with Crippen LogP contribution in [0.1, 0.15) is 76.7 Å². The zero-order chi connectivity index (χ0) is 32.4. The van der Waals surface area contributed by atoms with E-state index < -0.39 is 46.4 Å². The van der Waals surface area contributed by atoms with Crippen molar-refractivity contribution < 1.29 is 52.6 Å². The molecule has 0 saturated carbocycles. The van der Waals surface area contributed by atoms with Gasteiger partial charge in [0.25, 0.3) is 0 Å². The van der Waals surface area contributed by atoms with Gasteiger partial charge in [-0.2, -0.15) is 0 Å². The minimum atomic E-state index is -1.25. The van der Waals surface area contributed by atoms with Crippen molar-refractivity contribution in [1.82, 2.24) is 10.1 Å². The average Bonchev–Trinajstić information content (AvgIpc) is 3.65. The lowest BCUT2D eigenvalue weighted by Crippen LogP contribution is -2.50. The maximum Gasteiger partial charge on any atom is 0.306 e. The third kappa shape index (κ3) is 8.31. The van der Waals surface area contributed by atoms with Crippen LogP contribution in [-0.4, -0.2) is 99.7 Å². The number of amides is 1. The Morgan fingerprint density at radius 2 is 1.58 bits per heavy atom. The average molecular weight is 612 g/mol. The molecular weight excluding hydrogens is 566 g/mol. The maximum atomic E-state index is 13.0. The zero-order valence-corrected chi connectivity index (χ0v) is 26.3. The predicted molar refractivity (Wildman–Crippen MR) is 151 cm³/mol. The molecule has 14 nitrogen and oxygen atoms in total. The molecule has 0 aliphatic carbocycles. The van der Waals surface area contributed by atoms with Crippen LogP contribution < -0.4 is 0 Å². The van der Waals surface area contributed by atoms with Gasteiger partial charge in [0.1, 0.15) is 5.76 Å². The third-order valence-corrected chi connectivity index (χ3v) is 8.67. The van der Waals surface area contributed by atoms with Gasteiger partial charge in [-0.15, -0.1) is 5.16 Å². The maximum absolute atomic E-state index is 13.0. The van der Waals surface area contributed by atoms with E-state index in [2.05, 4.69) is 10.3 Å². The zero-order valence-electron chi connectivity index (χ0n) is 26.3. The first-order chi connectivity index (χ1) is 20.2. The van der Waals surface area contributed by atoms with Gasteiger partial charge in [0.05, 0.1) is 46.7 Å². The molecular formula is C29H45N3O11. The fraction of sp³-hybridized carbons (Fsp3) is 0.724. The Balaban J connectivity index is 2.71. The second kappa shape index (κ2) is 15.3. The molecule has 4 atom stereocenters. The highest BCUT2D eigenvalue weighted by atomic mass is 16.7. The summed E-state index contributed by atoms with van der Waals surface area (Å²) in [5.74, 6) is -3.98. The Hall–Kier alpha value is -3.52. The van der Waals surface area contributed by atoms with Crippen LogP contribution in [-0.2, 0) is 48.3 Å². The molecule has 14 heteroatoms. The van der Waals surface area contributed by atoms with Gasteiger partial charge < -0.3 is 38.3 Å². The van der Waals surface area contributed by atoms with E-state index in [4.69, 9.17) is 28.2 Å². The molecule has 242 valence electrons. The minimum Gasteiger partial charge on any atom is -0.469 e. The lowest BCUT2D eigenvalue weighted by atomic mass is 9.65. The SMILES string of the molecule is COC(=O)CC[C@H](c1cc([C@@](C)(CC(=O)N(C)C)[C@@H](/C=N/O)CCC(=O)OC)on1)[C@](C)(CC(=O)OC)C1(C)OCCO1. The van der Waals surface area contributed by atoms with E-state index in [1.165, 1.54) is 32.4 Å². The highest BCUT2D eigenvalue weighted by Crippen LogP contribution is 2.53. The lowest BCUT2D eigenvalue weighted by Gasteiger charge is -2.46. The number of nitrogens with zero attached hydrogens (tertiary/aromatic N) is 3. The van der Waals surface area contributed by atoms with Crippen LogP contribution in [0, 0.1) is 11.3 Å². The first-order valence-electron chi connectivity index (χ1n) is 14.0. The molecule has 1 aromatic heterocycles. The van der Waals surface area contributed by atoms with Crippen molar-refractivity contribution >= 4 is 30.0 Å². The van der Waals surface area contributed by atoms with E-state index in [1.807, 2.05) is 0 Å². The number of carbonyl (C=O) groups excluding carboxylic acids is 4. The van der Waals surface area contributed by atoms with E-state index in [1.54, 1.807) is 40.9 Å². The molecule has 1 amide bonds. The molecule has 0 bridgehead atoms. The number of ether oxygens (including phenoxy) is 5. The van der Waals surface area contributed by atoms with Crippen molar-refractivity contribution in [3.8, 4) is 0 Å². The van der Waals surface area contributed by atoms with Crippen LogP contribution in [0.4, 0.5) is 0 Å². The second-order valence-corrected chi connectivity index (χ2v) is 11.5. The summed E-state index contributed by atoms with van der Waals surface area (Å²) >= 11 is 0. The second-order valence-electron chi connectivity index (χ2n) is 11.5. The molecule has 0 radical (unpaired) electrons. The van der Waals surface area contributed by atoms with E-state index in [0.29, 0.717) is 18.9 Å². The molecule has 2 heterocycles. The monoisotopic (exact) mass is 611 g/mol. The van der Waals surface area contributed by atoms with Gasteiger partial charge in [0.2, 0.25) is 5.91 Å². The summed E-state index contributed by atoms with van der Waals surface area (Å²) in [7, 11) is 7.06. The summed E-state index contributed by atoms with van der Waals surface area (Å²) in [5, 5.41) is 17.1. The summed E-state index contributed by atoms with van der Waals surface area (Å²) in [6.07, 6.45) is 1.39. The van der Waals surface area contributed by atoms with Gasteiger partial charge in [0.15, 0.2) is 5.79 Å². The van der Waals surface area contributed by atoms with Gasteiger partial charge in [-0.3, -0.25) is 19.2 Å². The fourth-order valence-electron chi connectivity index (χ4n) is 5.58. The first-order valence-corrected chi connectivity index (χ1v) is 14.0. The van der Waals surface area contributed by atoms with Gasteiger partial charge in [-0.05, 0) is 19.8 Å². The Bertz CT molecular complexity index is 1140. The van der Waals surface area contributed by atoms with Crippen LogP contribution >= 0.6 is 0 Å². The highest BCUT2D eigenvalue weighted by Gasteiger charge is 2.56. The Kier molecular flexibility index (Phi) is 12.7. The van der Waals surface area contributed by atoms with Crippen molar-refractivity contribution in [3.05, 3.63) is 17.5 Å². The van der Waals surface area contributed by atoms with Crippen LogP contribution in [0.15, 0.2) is 15.7 Å². The van der Waals surface area contributed by atoms with Crippen LogP contribution in [0.2, 0.25) is 0 Å². The van der Waals surface area contributed by atoms with E-state index in [9.17, 15) is 24.4 Å². The number of rotatable bonds is 16. The topological polar surface area (TPSA) is 176 Å². The molecule has 1 saturated heterocycles. The third-order valence-electron chi connectivity index (χ3n) is 8.67. The predicted octanol–water partition coefficient (Wildman–Crippen LogP) is 2.81. The number of esters is 3. The van der Waals surface area contributed by atoms with E-state index in [-0.39, 0.29) is 50.2 Å². The van der Waals surface area contributed by atoms with Crippen molar-refractivity contribution in [2.24, 2.45) is 16.5 Å². The van der Waals surface area contributed by atoms with Crippen LogP contribution in [0.25, 0.3) is 0 Å². The number of carbonyl (C=O) groups is 4. The van der Waals surface area contributed by atoms with Crippen LogP contribution in [0.5, 0.6) is 0 Å². The smallest absolute Gasteiger partial charge is 0.306 e. The quantitative estimate of drug-likeness (QED) is 0.0952. The number of hydrogen-bond acceptors (Lipinski definition) is 13. The Morgan fingerprint density at radius 1 is 1.02 bits per heavy atom. The minimum absolute atomic E-state index is 0.00802. The Labute approximate surface area is 251 Å². The molecule has 0 unspecified atom stereocenters. The lowest BCUT2D eigenvalue weighted by molar-refractivity contribution is -0.233. The van der Waals surface area contributed by atoms with Crippen molar-refractivity contribution in [1.29, 1.82) is 0 Å². The normalized spacial score (nSPS) is 18.7. The van der Waals surface area contributed by atoms with Gasteiger partial charge >= 0.3 is 17.9 Å². The summed E-state index contributed by atoms with van der Waals surface area (Å²) in [6.45, 7) is 5.89. The molecule has 2 rings (SSSR count). The van der Waals surface area contributed by atoms with Crippen molar-refractivity contribution in [2.75, 3.05) is 48.6 Å². The molecule has 43 heavy (non-hydrogen) atoms. The van der Waals surface area contributed by atoms with Crippen LogP contribution in [0.3, 0.4) is 0 Å². The molecule has 1 aromatic rings. The highest BCUT2D eigenvalue weighted by molar-refractivity contribution is 5.79. The summed E-state index contributed by atoms with van der Waals surface area (Å²) in [5.41, 5.74) is -1.87. The number of oxime groups is 1. The molecule has 1 N–H and O–H groups in total. The largest absolute Gasteiger partial charge is 0.469 e. The van der Waals surface area contributed by atoms with Crippen molar-refractivity contribution in [3.63, 3.8) is 0 Å². The van der Waals surface area contributed by atoms with Gasteiger partial charge in [0, 0.05) is 68.3 Å². The number of methoxy groups -OCH3 is 3. The molecule has 1 fully saturated rings. The fourth-order valence-corrected chi connectivity index (χ4v) is 5.58. The summed E-state index contributed by atoms with van der Waals surface area (Å²) < 4.78 is 32.7. The molecule has 0 aromatic carbocycles. The summed E-state index contributed by atoms with van der Waals surface area (Å²) in [6, 6.07) is 1.66. The number of hydrogen-bond donors (Lipinski definition) is 1. The number of aromatic nitrogens is 1. The van der Waals surface area contributed by atoms with Gasteiger partial charge in [-0.1, -0.05) is 19.0 Å². The standard InChI is InChI=1S/C29H45N3O11/c1-27(16-23(33)32(4)5,19(18-30-37)9-11-24(34)38-6)22-15-21(31-43-22)20(10-12-25(35)39-7)28(2,17-26(36)40-8)29(3)41-13-14-42-29/h15,18-20,37H,9-14,16-17H2,1-8H3/b30-18+/t19-,20-,27+,28+/m1/s1. The Morgan fingerprint density at radius 3 is 2.09 bits per heavy atom.